The van der Waals surface area contributed by atoms with E-state index in [4.69, 9.17) is 38.9 Å². The second-order valence-electron chi connectivity index (χ2n) is 12.7. The maximum Gasteiger partial charge on any atom is 0.323 e. The van der Waals surface area contributed by atoms with Gasteiger partial charge in [0.2, 0.25) is 11.9 Å². The molecule has 0 radical (unpaired) electrons. The number of ether oxygens (including phenoxy) is 4. The van der Waals surface area contributed by atoms with Gasteiger partial charge in [0.25, 0.3) is 0 Å². The van der Waals surface area contributed by atoms with Crippen molar-refractivity contribution in [1.82, 2.24) is 30.2 Å². The first-order chi connectivity index (χ1) is 25.1. The molecule has 14 heteroatoms. The van der Waals surface area contributed by atoms with Crippen LogP contribution in [-0.2, 0) is 29.0 Å². The Morgan fingerprint density at radius 1 is 0.804 bits per heavy atom. The number of nitrogens with zero attached hydrogens (tertiary/aromatic N) is 8. The summed E-state index contributed by atoms with van der Waals surface area (Å²) in [5.41, 5.74) is 4.64. The van der Waals surface area contributed by atoms with E-state index in [0.29, 0.717) is 76.6 Å². The van der Waals surface area contributed by atoms with E-state index in [1.54, 1.807) is 19.1 Å². The molecule has 3 aliphatic heterocycles. The number of hydrogen-bond acceptors (Lipinski definition) is 12. The lowest BCUT2D eigenvalue weighted by Gasteiger charge is -2.28. The standard InChI is InChI=1S/C37H45N9O5/c1-48-30-7-3-27(4-8-30)25-45(26-28-5-9-31(49-2)10-6-28)35-39-23-29(24-40-35)33-32-11-13-46(37(47)38-12-14-43-15-19-50-20-16-43)34(32)42-36(41-33)44-17-21-51-22-18-44/h3-10,23-24H,11-22,25-26H2,1-2H3,(H,38,47). The second-order valence-corrected chi connectivity index (χ2v) is 12.7. The molecule has 4 aromatic rings. The van der Waals surface area contributed by atoms with E-state index in [9.17, 15) is 4.79 Å². The molecule has 2 amide bonds. The topological polar surface area (TPSA) is 131 Å². The van der Waals surface area contributed by atoms with Gasteiger partial charge in [0, 0.05) is 82.4 Å². The van der Waals surface area contributed by atoms with Crippen LogP contribution < -0.4 is 29.5 Å². The van der Waals surface area contributed by atoms with E-state index >= 15 is 0 Å². The Bertz CT molecular complexity index is 1700. The number of carbonyl (C=O) groups is 1. The molecule has 0 aliphatic carbocycles. The van der Waals surface area contributed by atoms with E-state index in [1.165, 1.54) is 0 Å². The van der Waals surface area contributed by atoms with Crippen molar-refractivity contribution < 1.29 is 23.7 Å². The van der Waals surface area contributed by atoms with Crippen molar-refractivity contribution in [3.63, 3.8) is 0 Å². The molecule has 5 heterocycles. The number of aromatic nitrogens is 4. The van der Waals surface area contributed by atoms with Crippen LogP contribution in [0.15, 0.2) is 60.9 Å². The highest BCUT2D eigenvalue weighted by Crippen LogP contribution is 2.36. The van der Waals surface area contributed by atoms with E-state index in [0.717, 1.165) is 72.3 Å². The van der Waals surface area contributed by atoms with Crippen LogP contribution in [0.4, 0.5) is 22.5 Å². The van der Waals surface area contributed by atoms with Gasteiger partial charge in [0.1, 0.15) is 17.3 Å². The first kappa shape index (κ1) is 34.4. The fourth-order valence-corrected chi connectivity index (χ4v) is 6.53. The van der Waals surface area contributed by atoms with Crippen LogP contribution in [0.5, 0.6) is 11.5 Å². The summed E-state index contributed by atoms with van der Waals surface area (Å²) < 4.78 is 21.8. The summed E-state index contributed by atoms with van der Waals surface area (Å²) >= 11 is 0. The molecule has 268 valence electrons. The van der Waals surface area contributed by atoms with Gasteiger partial charge in [-0.25, -0.2) is 19.7 Å². The first-order valence-electron chi connectivity index (χ1n) is 17.5. The molecule has 51 heavy (non-hydrogen) atoms. The number of amides is 2. The SMILES string of the molecule is COc1ccc(CN(Cc2ccc(OC)cc2)c2ncc(-c3nc(N4CCOCC4)nc4c3CCN4C(=O)NCCN3CCOCC3)cn2)cc1. The van der Waals surface area contributed by atoms with Gasteiger partial charge in [-0.3, -0.25) is 9.80 Å². The average Bonchev–Trinajstić information content (AvgIpc) is 3.63. The van der Waals surface area contributed by atoms with Crippen molar-refractivity contribution in [2.45, 2.75) is 19.5 Å². The maximum atomic E-state index is 13.5. The Morgan fingerprint density at radius 3 is 1.98 bits per heavy atom. The largest absolute Gasteiger partial charge is 0.497 e. The highest BCUT2D eigenvalue weighted by Gasteiger charge is 2.32. The van der Waals surface area contributed by atoms with Crippen molar-refractivity contribution in [3.05, 3.63) is 77.6 Å². The predicted octanol–water partition coefficient (Wildman–Crippen LogP) is 3.40. The molecular formula is C37H45N9O5. The molecule has 0 spiro atoms. The van der Waals surface area contributed by atoms with Gasteiger partial charge in [-0.2, -0.15) is 4.98 Å². The number of carbonyl (C=O) groups excluding carboxylic acids is 1. The number of methoxy groups -OCH3 is 2. The minimum atomic E-state index is -0.154. The minimum Gasteiger partial charge on any atom is -0.497 e. The minimum absolute atomic E-state index is 0.154. The number of fused-ring (bicyclic) bond motifs is 1. The number of anilines is 3. The fraction of sp³-hybridized carbons (Fsp3) is 0.432. The molecule has 1 N–H and O–H groups in total. The molecule has 14 nitrogen and oxygen atoms in total. The van der Waals surface area contributed by atoms with Crippen LogP contribution in [0, 0.1) is 0 Å². The van der Waals surface area contributed by atoms with Gasteiger partial charge in [0.15, 0.2) is 0 Å². The van der Waals surface area contributed by atoms with E-state index in [1.807, 2.05) is 36.7 Å². The molecule has 0 bridgehead atoms. The lowest BCUT2D eigenvalue weighted by Crippen LogP contribution is -2.45. The van der Waals surface area contributed by atoms with Gasteiger partial charge in [-0.1, -0.05) is 24.3 Å². The van der Waals surface area contributed by atoms with Crippen molar-refractivity contribution in [2.24, 2.45) is 0 Å². The Morgan fingerprint density at radius 2 is 1.39 bits per heavy atom. The second kappa shape index (κ2) is 16.3. The van der Waals surface area contributed by atoms with Crippen LogP contribution in [0.3, 0.4) is 0 Å². The van der Waals surface area contributed by atoms with Crippen LogP contribution >= 0.6 is 0 Å². The van der Waals surface area contributed by atoms with Crippen LogP contribution in [0.2, 0.25) is 0 Å². The van der Waals surface area contributed by atoms with Crippen molar-refractivity contribution >= 4 is 23.7 Å². The molecule has 0 unspecified atom stereocenters. The number of benzene rings is 2. The summed E-state index contributed by atoms with van der Waals surface area (Å²) in [6, 6.07) is 15.9. The molecule has 2 aromatic heterocycles. The number of hydrogen-bond donors (Lipinski definition) is 1. The molecule has 2 saturated heterocycles. The molecule has 0 saturated carbocycles. The predicted molar refractivity (Wildman–Crippen MR) is 194 cm³/mol. The lowest BCUT2D eigenvalue weighted by atomic mass is 10.1. The zero-order valence-electron chi connectivity index (χ0n) is 29.3. The van der Waals surface area contributed by atoms with Crippen LogP contribution in [-0.4, -0.2) is 117 Å². The van der Waals surface area contributed by atoms with Crippen molar-refractivity contribution in [2.75, 3.05) is 101 Å². The van der Waals surface area contributed by atoms with Gasteiger partial charge in [-0.05, 0) is 41.8 Å². The van der Waals surface area contributed by atoms with Crippen LogP contribution in [0.1, 0.15) is 16.7 Å². The Labute approximate surface area is 298 Å². The summed E-state index contributed by atoms with van der Waals surface area (Å²) in [7, 11) is 3.33. The molecule has 3 aliphatic rings. The van der Waals surface area contributed by atoms with Gasteiger partial charge >= 0.3 is 6.03 Å². The number of morpholine rings is 2. The highest BCUT2D eigenvalue weighted by molar-refractivity contribution is 5.94. The molecule has 2 aromatic carbocycles. The van der Waals surface area contributed by atoms with Crippen molar-refractivity contribution in [3.8, 4) is 22.8 Å². The highest BCUT2D eigenvalue weighted by atomic mass is 16.5. The third kappa shape index (κ3) is 8.30. The normalized spacial score (nSPS) is 16.1. The maximum absolute atomic E-state index is 13.5. The van der Waals surface area contributed by atoms with Crippen molar-refractivity contribution in [1.29, 1.82) is 0 Å². The average molecular weight is 696 g/mol. The summed E-state index contributed by atoms with van der Waals surface area (Å²) in [6.07, 6.45) is 4.29. The van der Waals surface area contributed by atoms with Crippen LogP contribution in [0.25, 0.3) is 11.3 Å². The first-order valence-corrected chi connectivity index (χ1v) is 17.5. The smallest absolute Gasteiger partial charge is 0.323 e. The van der Waals surface area contributed by atoms with E-state index in [2.05, 4.69) is 44.3 Å². The van der Waals surface area contributed by atoms with Gasteiger partial charge < -0.3 is 34.1 Å². The number of rotatable bonds is 12. The van der Waals surface area contributed by atoms with E-state index < -0.39 is 0 Å². The monoisotopic (exact) mass is 695 g/mol. The third-order valence-corrected chi connectivity index (χ3v) is 9.42. The Kier molecular flexibility index (Phi) is 11.0. The number of nitrogens with one attached hydrogen (secondary N) is 1. The third-order valence-electron chi connectivity index (χ3n) is 9.42. The summed E-state index contributed by atoms with van der Waals surface area (Å²) in [4.78, 5) is 41.6. The molecule has 0 atom stereocenters. The number of urea groups is 1. The molecule has 2 fully saturated rings. The van der Waals surface area contributed by atoms with Gasteiger partial charge in [0.05, 0.1) is 46.3 Å². The molecule has 7 rings (SSSR count). The fourth-order valence-electron chi connectivity index (χ4n) is 6.53. The van der Waals surface area contributed by atoms with E-state index in [-0.39, 0.29) is 6.03 Å². The summed E-state index contributed by atoms with van der Waals surface area (Å²) in [5.74, 6) is 3.41. The summed E-state index contributed by atoms with van der Waals surface area (Å²) in [5, 5.41) is 3.11. The quantitative estimate of drug-likeness (QED) is 0.233. The Hall–Kier alpha value is -5.05. The zero-order chi connectivity index (χ0) is 35.0. The lowest BCUT2D eigenvalue weighted by molar-refractivity contribution is 0.0387. The zero-order valence-corrected chi connectivity index (χ0v) is 29.3. The Balaban J connectivity index is 1.15. The summed E-state index contributed by atoms with van der Waals surface area (Å²) in [6.45, 7) is 8.78. The van der Waals surface area contributed by atoms with Gasteiger partial charge in [-0.15, -0.1) is 0 Å². The molecular weight excluding hydrogens is 650 g/mol.